The normalized spacial score (nSPS) is 13.4. The molecule has 1 aliphatic rings. The number of carbonyl (C=O) groups excluding carboxylic acids is 4. The van der Waals surface area contributed by atoms with E-state index in [9.17, 15) is 19.2 Å². The number of rotatable bonds is 45. The van der Waals surface area contributed by atoms with Crippen LogP contribution in [0.2, 0.25) is 0 Å². The second-order valence-electron chi connectivity index (χ2n) is 19.2. The number of nitrogens with one attached hydrogen (secondary N) is 1. The minimum Gasteiger partial charge on any atom is -0.464 e. The number of ether oxygens (including phenoxy) is 2. The van der Waals surface area contributed by atoms with E-state index in [0.29, 0.717) is 51.5 Å². The van der Waals surface area contributed by atoms with Gasteiger partial charge in [0.1, 0.15) is 18.2 Å². The number of allylic oxidation sites excluding steroid dienone is 2. The van der Waals surface area contributed by atoms with Crippen molar-refractivity contribution in [3.05, 3.63) is 12.2 Å². The first-order chi connectivity index (χ1) is 30.7. The van der Waals surface area contributed by atoms with Crippen molar-refractivity contribution in [2.24, 2.45) is 0 Å². The molecule has 2 amide bonds. The lowest BCUT2D eigenvalue weighted by molar-refractivity contribution is -0.157. The molecule has 0 aromatic rings. The highest BCUT2D eigenvalue weighted by molar-refractivity contribution is 5.92. The van der Waals surface area contributed by atoms with Crippen LogP contribution in [0.25, 0.3) is 0 Å². The van der Waals surface area contributed by atoms with E-state index in [4.69, 9.17) is 9.47 Å². The fourth-order valence-corrected chi connectivity index (χ4v) is 8.80. The smallest absolute Gasteiger partial charge is 0.306 e. The second-order valence-corrected chi connectivity index (χ2v) is 19.2. The molecule has 0 saturated heterocycles. The fraction of sp³-hybridized carbons (Fsp3) is 0.889. The molecule has 368 valence electrons. The van der Waals surface area contributed by atoms with Crippen LogP contribution in [-0.4, -0.2) is 85.5 Å². The largest absolute Gasteiger partial charge is 0.464 e. The van der Waals surface area contributed by atoms with Gasteiger partial charge in [-0.2, -0.15) is 0 Å². The van der Waals surface area contributed by atoms with Crippen molar-refractivity contribution in [3.8, 4) is 0 Å². The number of esters is 2. The lowest BCUT2D eigenvalue weighted by Crippen LogP contribution is -2.65. The predicted molar refractivity (Wildman–Crippen MR) is 264 cm³/mol. The summed E-state index contributed by atoms with van der Waals surface area (Å²) in [6, 6.07) is 0. The molecular weight excluding hydrogens is 787 g/mol. The minimum absolute atomic E-state index is 0.0218. The molecule has 0 spiro atoms. The number of nitrogens with zero attached hydrogens (tertiary/aromatic N) is 2. The first-order valence-corrected chi connectivity index (χ1v) is 26.9. The van der Waals surface area contributed by atoms with E-state index in [2.05, 4.69) is 38.2 Å². The molecule has 9 nitrogen and oxygen atoms in total. The van der Waals surface area contributed by atoms with Crippen molar-refractivity contribution in [3.63, 3.8) is 0 Å². The van der Waals surface area contributed by atoms with E-state index in [1.165, 1.54) is 141 Å². The van der Waals surface area contributed by atoms with E-state index in [1.807, 2.05) is 19.0 Å². The van der Waals surface area contributed by atoms with Gasteiger partial charge < -0.3 is 24.6 Å². The lowest BCUT2D eigenvalue weighted by atomic mass is 9.74. The third-order valence-electron chi connectivity index (χ3n) is 13.0. The van der Waals surface area contributed by atoms with Gasteiger partial charge in [0.25, 0.3) is 0 Å². The third-order valence-corrected chi connectivity index (χ3v) is 13.0. The van der Waals surface area contributed by atoms with Crippen LogP contribution in [0, 0.1) is 0 Å². The van der Waals surface area contributed by atoms with E-state index in [0.717, 1.165) is 51.5 Å². The number of unbranched alkanes of at least 4 members (excludes halogenated alkanes) is 23. The Morgan fingerprint density at radius 2 is 1.03 bits per heavy atom. The van der Waals surface area contributed by atoms with Crippen LogP contribution in [0.15, 0.2) is 12.2 Å². The molecule has 1 rings (SSSR count). The zero-order valence-electron chi connectivity index (χ0n) is 42.1. The molecule has 1 saturated carbocycles. The molecule has 0 radical (unpaired) electrons. The first-order valence-electron chi connectivity index (χ1n) is 26.9. The summed E-state index contributed by atoms with van der Waals surface area (Å²) in [5.74, 6) is -0.634. The third kappa shape index (κ3) is 31.2. The maximum atomic E-state index is 14.0. The fourth-order valence-electron chi connectivity index (χ4n) is 8.80. The first kappa shape index (κ1) is 58.6. The molecule has 0 atom stereocenters. The Kier molecular flexibility index (Phi) is 38.2. The molecule has 0 aromatic carbocycles. The van der Waals surface area contributed by atoms with Crippen LogP contribution in [0.4, 0.5) is 0 Å². The number of hydrogen-bond acceptors (Lipinski definition) is 7. The molecule has 63 heavy (non-hydrogen) atoms. The Balaban J connectivity index is 2.63. The minimum atomic E-state index is -0.907. The van der Waals surface area contributed by atoms with Gasteiger partial charge in [0.15, 0.2) is 0 Å². The predicted octanol–water partition coefficient (Wildman–Crippen LogP) is 13.7. The highest BCUT2D eigenvalue weighted by atomic mass is 16.5. The van der Waals surface area contributed by atoms with Gasteiger partial charge in [0, 0.05) is 25.8 Å². The molecule has 0 heterocycles. The summed E-state index contributed by atoms with van der Waals surface area (Å²) in [6.07, 6.45) is 43.4. The van der Waals surface area contributed by atoms with Crippen molar-refractivity contribution in [1.82, 2.24) is 15.1 Å². The van der Waals surface area contributed by atoms with Gasteiger partial charge in [-0.15, -0.1) is 0 Å². The quantitative estimate of drug-likeness (QED) is 0.0369. The maximum Gasteiger partial charge on any atom is 0.306 e. The monoisotopic (exact) mass is 888 g/mol. The van der Waals surface area contributed by atoms with E-state index in [1.54, 1.807) is 4.90 Å². The van der Waals surface area contributed by atoms with Crippen LogP contribution < -0.4 is 5.32 Å². The van der Waals surface area contributed by atoms with Gasteiger partial charge in [-0.05, 0) is 117 Å². The maximum absolute atomic E-state index is 14.0. The standard InChI is InChI=1S/C54H101N3O6/c1-6-9-12-15-18-19-20-21-22-23-24-25-26-27-30-35-45-55-53(61)54(43-37-44-54)57(47-48-62-51(59)42-36-46-56(4)5)50(58)40-33-34-41-52(60)63-49(38-31-28-16-13-10-7-2)39-32-29-17-14-11-8-3/h21-22,49H,6-20,23-48H2,1-5H3,(H,55,61)/b22-21-. The zero-order chi connectivity index (χ0) is 46.1. The average Bonchev–Trinajstić information content (AvgIpc) is 3.24. The van der Waals surface area contributed by atoms with E-state index >= 15 is 0 Å². The molecule has 1 aliphatic carbocycles. The van der Waals surface area contributed by atoms with Crippen LogP contribution in [0.5, 0.6) is 0 Å². The van der Waals surface area contributed by atoms with Crippen LogP contribution in [-0.2, 0) is 28.7 Å². The van der Waals surface area contributed by atoms with Gasteiger partial charge in [-0.1, -0.05) is 155 Å². The summed E-state index contributed by atoms with van der Waals surface area (Å²) in [5, 5.41) is 3.19. The molecule has 1 fully saturated rings. The van der Waals surface area contributed by atoms with Crippen molar-refractivity contribution < 1.29 is 28.7 Å². The van der Waals surface area contributed by atoms with Gasteiger partial charge in [0.2, 0.25) is 11.8 Å². The Morgan fingerprint density at radius 1 is 0.556 bits per heavy atom. The van der Waals surface area contributed by atoms with Gasteiger partial charge in [-0.3, -0.25) is 19.2 Å². The van der Waals surface area contributed by atoms with Crippen LogP contribution >= 0.6 is 0 Å². The Bertz CT molecular complexity index is 1140. The van der Waals surface area contributed by atoms with Crippen LogP contribution in [0.1, 0.15) is 258 Å². The summed E-state index contributed by atoms with van der Waals surface area (Å²) in [5.41, 5.74) is -0.907. The number of amides is 2. The summed E-state index contributed by atoms with van der Waals surface area (Å²) < 4.78 is 11.7. The van der Waals surface area contributed by atoms with Gasteiger partial charge >= 0.3 is 11.9 Å². The molecule has 0 aliphatic heterocycles. The summed E-state index contributed by atoms with van der Waals surface area (Å²) in [6.45, 7) is 8.41. The van der Waals surface area contributed by atoms with Crippen molar-refractivity contribution in [2.75, 3.05) is 40.3 Å². The van der Waals surface area contributed by atoms with Gasteiger partial charge in [-0.25, -0.2) is 0 Å². The zero-order valence-corrected chi connectivity index (χ0v) is 42.1. The molecule has 1 N–H and O–H groups in total. The number of carbonyl (C=O) groups is 4. The van der Waals surface area contributed by atoms with Crippen molar-refractivity contribution >= 4 is 23.8 Å². The van der Waals surface area contributed by atoms with Crippen LogP contribution in [0.3, 0.4) is 0 Å². The summed E-state index contributed by atoms with van der Waals surface area (Å²) in [4.78, 5) is 57.2. The highest BCUT2D eigenvalue weighted by Gasteiger charge is 2.50. The van der Waals surface area contributed by atoms with Crippen molar-refractivity contribution in [1.29, 1.82) is 0 Å². The molecule has 9 heteroatoms. The second kappa shape index (κ2) is 41.0. The average molecular weight is 888 g/mol. The topological polar surface area (TPSA) is 105 Å². The Labute approximate surface area is 388 Å². The summed E-state index contributed by atoms with van der Waals surface area (Å²) in [7, 11) is 3.95. The number of hydrogen-bond donors (Lipinski definition) is 1. The molecule has 0 bridgehead atoms. The molecule has 0 aromatic heterocycles. The van der Waals surface area contributed by atoms with E-state index in [-0.39, 0.29) is 49.4 Å². The summed E-state index contributed by atoms with van der Waals surface area (Å²) >= 11 is 0. The molecule has 0 unspecified atom stereocenters. The SMILES string of the molecule is CCCCCCCC/C=C\CCCCCCCCNC(=O)C1(N(CCOC(=O)CCCN(C)C)C(=O)CCCCC(=O)OC(CCCCCCCC)CCCCCCCC)CCC1. The highest BCUT2D eigenvalue weighted by Crippen LogP contribution is 2.39. The molecular formula is C54H101N3O6. The van der Waals surface area contributed by atoms with Gasteiger partial charge in [0.05, 0.1) is 6.54 Å². The van der Waals surface area contributed by atoms with Crippen molar-refractivity contribution in [2.45, 2.75) is 270 Å². The van der Waals surface area contributed by atoms with E-state index < -0.39 is 5.54 Å². The Morgan fingerprint density at radius 3 is 1.54 bits per heavy atom. The Hall–Kier alpha value is -2.42. The lowest BCUT2D eigenvalue weighted by Gasteiger charge is -2.48.